The number of aliphatic carboxylic acids is 1. The maximum absolute atomic E-state index is 12.8. The Bertz CT molecular complexity index is 769. The molecule has 0 radical (unpaired) electrons. The minimum Gasteiger partial charge on any atom is -0.481 e. The Morgan fingerprint density at radius 1 is 1.41 bits per heavy atom. The van der Waals surface area contributed by atoms with Crippen molar-refractivity contribution in [2.45, 2.75) is 19.3 Å². The lowest BCUT2D eigenvalue weighted by Crippen LogP contribution is -2.37. The first-order valence-corrected chi connectivity index (χ1v) is 7.56. The van der Waals surface area contributed by atoms with E-state index in [9.17, 15) is 14.7 Å². The molecule has 2 aromatic rings. The molecule has 0 spiro atoms. The number of benzene rings is 1. The highest BCUT2D eigenvalue weighted by atomic mass is 16.4. The van der Waals surface area contributed by atoms with Gasteiger partial charge in [-0.25, -0.2) is 0 Å². The summed E-state index contributed by atoms with van der Waals surface area (Å²) in [5, 5.41) is 17.3. The van der Waals surface area contributed by atoms with Gasteiger partial charge in [0.15, 0.2) is 0 Å². The molecule has 6 heteroatoms. The maximum Gasteiger partial charge on any atom is 0.311 e. The van der Waals surface area contributed by atoms with E-state index in [1.807, 2.05) is 12.1 Å². The van der Waals surface area contributed by atoms with E-state index < -0.39 is 11.4 Å². The van der Waals surface area contributed by atoms with Crippen molar-refractivity contribution in [2.75, 3.05) is 13.1 Å². The van der Waals surface area contributed by atoms with Gasteiger partial charge >= 0.3 is 5.97 Å². The van der Waals surface area contributed by atoms with Crippen LogP contribution in [0.3, 0.4) is 0 Å². The summed E-state index contributed by atoms with van der Waals surface area (Å²) in [6.07, 6.45) is 4.15. The fourth-order valence-electron chi connectivity index (χ4n) is 4.12. The van der Waals surface area contributed by atoms with Crippen molar-refractivity contribution in [3.63, 3.8) is 0 Å². The molecule has 2 fully saturated rings. The van der Waals surface area contributed by atoms with Crippen LogP contribution in [0.5, 0.6) is 0 Å². The van der Waals surface area contributed by atoms with E-state index in [-0.39, 0.29) is 11.8 Å². The first kappa shape index (κ1) is 13.3. The fourth-order valence-corrected chi connectivity index (χ4v) is 4.12. The van der Waals surface area contributed by atoms with E-state index in [2.05, 4.69) is 10.2 Å². The van der Waals surface area contributed by atoms with Crippen LogP contribution >= 0.6 is 0 Å². The number of amides is 1. The zero-order chi connectivity index (χ0) is 15.3. The Labute approximate surface area is 127 Å². The number of aromatic nitrogens is 2. The number of likely N-dealkylation sites (tertiary alicyclic amines) is 1. The molecule has 1 saturated heterocycles. The molecule has 2 N–H and O–H groups in total. The van der Waals surface area contributed by atoms with Crippen LogP contribution in [0.2, 0.25) is 0 Å². The lowest BCUT2D eigenvalue weighted by atomic mass is 9.81. The Morgan fingerprint density at radius 3 is 3.05 bits per heavy atom. The number of carboxylic acid groups (broad SMARTS) is 1. The molecule has 6 nitrogen and oxygen atoms in total. The molecule has 1 aliphatic carbocycles. The molecule has 1 amide bonds. The van der Waals surface area contributed by atoms with Gasteiger partial charge in [-0.15, -0.1) is 0 Å². The average molecular weight is 299 g/mol. The minimum absolute atomic E-state index is 0.0810. The van der Waals surface area contributed by atoms with Gasteiger partial charge in [-0.1, -0.05) is 12.5 Å². The van der Waals surface area contributed by atoms with Crippen LogP contribution in [0.1, 0.15) is 29.6 Å². The number of hydrogen-bond acceptors (Lipinski definition) is 3. The van der Waals surface area contributed by atoms with E-state index >= 15 is 0 Å². The van der Waals surface area contributed by atoms with Crippen molar-refractivity contribution in [2.24, 2.45) is 11.3 Å². The number of rotatable bonds is 2. The van der Waals surface area contributed by atoms with Crippen molar-refractivity contribution < 1.29 is 14.7 Å². The van der Waals surface area contributed by atoms with Gasteiger partial charge in [-0.05, 0) is 30.9 Å². The Hall–Kier alpha value is -2.37. The van der Waals surface area contributed by atoms with E-state index in [1.54, 1.807) is 17.2 Å². The van der Waals surface area contributed by atoms with Crippen molar-refractivity contribution >= 4 is 22.8 Å². The third-order valence-corrected chi connectivity index (χ3v) is 5.30. The van der Waals surface area contributed by atoms with Crippen LogP contribution in [0.25, 0.3) is 10.9 Å². The Kier molecular flexibility index (Phi) is 2.76. The van der Waals surface area contributed by atoms with Crippen LogP contribution in [-0.4, -0.2) is 45.2 Å². The molecule has 1 aromatic carbocycles. The van der Waals surface area contributed by atoms with Crippen LogP contribution in [0.15, 0.2) is 24.4 Å². The quantitative estimate of drug-likeness (QED) is 0.886. The molecule has 2 heterocycles. The van der Waals surface area contributed by atoms with Crippen molar-refractivity contribution in [1.29, 1.82) is 0 Å². The van der Waals surface area contributed by atoms with Crippen LogP contribution in [-0.2, 0) is 4.79 Å². The molecular weight excluding hydrogens is 282 g/mol. The minimum atomic E-state index is -0.758. The molecule has 114 valence electrons. The molecule has 2 atom stereocenters. The summed E-state index contributed by atoms with van der Waals surface area (Å²) < 4.78 is 0. The lowest BCUT2D eigenvalue weighted by Gasteiger charge is -2.23. The largest absolute Gasteiger partial charge is 0.481 e. The zero-order valence-corrected chi connectivity index (χ0v) is 12.1. The van der Waals surface area contributed by atoms with Gasteiger partial charge in [0.2, 0.25) is 0 Å². The number of carbonyl (C=O) groups excluding carboxylic acids is 1. The molecular formula is C16H17N3O3. The molecule has 22 heavy (non-hydrogen) atoms. The SMILES string of the molecule is O=C(c1cccc2[nH]ncc12)N1C[C@@H]2CCC[C@@]2(C(=O)O)C1. The number of carboxylic acids is 1. The zero-order valence-electron chi connectivity index (χ0n) is 12.1. The summed E-state index contributed by atoms with van der Waals surface area (Å²) in [5.74, 6) is -0.772. The highest BCUT2D eigenvalue weighted by molar-refractivity contribution is 6.06. The summed E-state index contributed by atoms with van der Waals surface area (Å²) in [6, 6.07) is 5.47. The Balaban J connectivity index is 1.68. The van der Waals surface area contributed by atoms with E-state index in [4.69, 9.17) is 0 Å². The summed E-state index contributed by atoms with van der Waals surface area (Å²) in [7, 11) is 0. The summed E-state index contributed by atoms with van der Waals surface area (Å²) >= 11 is 0. The normalized spacial score (nSPS) is 27.3. The molecule has 4 rings (SSSR count). The van der Waals surface area contributed by atoms with Crippen molar-refractivity contribution in [1.82, 2.24) is 15.1 Å². The van der Waals surface area contributed by atoms with Gasteiger partial charge in [0.25, 0.3) is 5.91 Å². The molecule has 0 unspecified atom stereocenters. The topological polar surface area (TPSA) is 86.3 Å². The van der Waals surface area contributed by atoms with Crippen LogP contribution in [0, 0.1) is 11.3 Å². The first-order chi connectivity index (χ1) is 10.6. The third kappa shape index (κ3) is 1.70. The summed E-state index contributed by atoms with van der Waals surface area (Å²) in [5.41, 5.74) is 0.671. The highest BCUT2D eigenvalue weighted by Gasteiger charge is 2.55. The molecule has 1 aromatic heterocycles. The van der Waals surface area contributed by atoms with Crippen LogP contribution < -0.4 is 0 Å². The number of aromatic amines is 1. The second kappa shape index (κ2) is 4.56. The second-order valence-electron chi connectivity index (χ2n) is 6.37. The third-order valence-electron chi connectivity index (χ3n) is 5.30. The van der Waals surface area contributed by atoms with Gasteiger partial charge in [-0.2, -0.15) is 5.10 Å². The second-order valence-corrected chi connectivity index (χ2v) is 6.37. The van der Waals surface area contributed by atoms with E-state index in [0.717, 1.165) is 23.7 Å². The van der Waals surface area contributed by atoms with Crippen molar-refractivity contribution in [3.8, 4) is 0 Å². The van der Waals surface area contributed by atoms with Gasteiger partial charge in [0.05, 0.1) is 22.7 Å². The number of carbonyl (C=O) groups is 2. The van der Waals surface area contributed by atoms with Crippen LogP contribution in [0.4, 0.5) is 0 Å². The van der Waals surface area contributed by atoms with Gasteiger partial charge in [-0.3, -0.25) is 14.7 Å². The standard InChI is InChI=1S/C16H17N3O3/c20-14(11-4-1-5-13-12(11)7-17-18-13)19-8-10-3-2-6-16(10,9-19)15(21)22/h1,4-5,7,10H,2-3,6,8-9H2,(H,17,18)(H,21,22)/t10-,16+/m0/s1. The molecule has 2 aliphatic rings. The lowest BCUT2D eigenvalue weighted by molar-refractivity contribution is -0.149. The van der Waals surface area contributed by atoms with E-state index in [0.29, 0.717) is 25.1 Å². The number of hydrogen-bond donors (Lipinski definition) is 2. The molecule has 0 bridgehead atoms. The maximum atomic E-state index is 12.8. The first-order valence-electron chi connectivity index (χ1n) is 7.56. The van der Waals surface area contributed by atoms with Gasteiger partial charge in [0.1, 0.15) is 0 Å². The summed E-state index contributed by atoms with van der Waals surface area (Å²) in [4.78, 5) is 26.3. The predicted octanol–water partition coefficient (Wildman–Crippen LogP) is 1.89. The number of nitrogens with zero attached hydrogens (tertiary/aromatic N) is 2. The highest BCUT2D eigenvalue weighted by Crippen LogP contribution is 2.49. The fraction of sp³-hybridized carbons (Fsp3) is 0.438. The van der Waals surface area contributed by atoms with Gasteiger partial charge < -0.3 is 10.0 Å². The smallest absolute Gasteiger partial charge is 0.311 e. The number of fused-ring (bicyclic) bond motifs is 2. The number of nitrogens with one attached hydrogen (secondary N) is 1. The summed E-state index contributed by atoms with van der Waals surface area (Å²) in [6.45, 7) is 0.861. The molecule has 1 saturated carbocycles. The monoisotopic (exact) mass is 299 g/mol. The predicted molar refractivity (Wildman–Crippen MR) is 79.4 cm³/mol. The van der Waals surface area contributed by atoms with Gasteiger partial charge in [0, 0.05) is 18.5 Å². The molecule has 1 aliphatic heterocycles. The van der Waals surface area contributed by atoms with Crippen molar-refractivity contribution in [3.05, 3.63) is 30.0 Å². The van der Waals surface area contributed by atoms with E-state index in [1.165, 1.54) is 0 Å². The average Bonchev–Trinajstić information content (AvgIpc) is 3.18. The Morgan fingerprint density at radius 2 is 2.27 bits per heavy atom. The number of H-pyrrole nitrogens is 1.